The highest BCUT2D eigenvalue weighted by Gasteiger charge is 2.14. The molecule has 0 saturated carbocycles. The van der Waals surface area contributed by atoms with Crippen molar-refractivity contribution < 1.29 is 13.9 Å². The highest BCUT2D eigenvalue weighted by Crippen LogP contribution is 2.16. The maximum Gasteiger partial charge on any atom is 0.320 e. The Hall–Kier alpha value is -0.420. The lowest BCUT2D eigenvalue weighted by molar-refractivity contribution is -0.139. The Morgan fingerprint density at radius 2 is 2.57 bits per heavy atom. The molecule has 0 amide bonds. The summed E-state index contributed by atoms with van der Waals surface area (Å²) in [4.78, 5) is 10.8. The molecule has 0 aliphatic rings. The van der Waals surface area contributed by atoms with Crippen molar-refractivity contribution in [3.8, 4) is 0 Å². The third kappa shape index (κ3) is 3.75. The summed E-state index contributed by atoms with van der Waals surface area (Å²) in [5.41, 5.74) is 0. The van der Waals surface area contributed by atoms with Crippen molar-refractivity contribution in [1.29, 1.82) is 0 Å². The molecule has 0 aliphatic carbocycles. The van der Waals surface area contributed by atoms with Gasteiger partial charge in [-0.3, -0.25) is 4.79 Å². The molecule has 1 aromatic rings. The minimum Gasteiger partial charge on any atom is -0.468 e. The Morgan fingerprint density at radius 3 is 3.14 bits per heavy atom. The van der Waals surface area contributed by atoms with Gasteiger partial charge in [0, 0.05) is 5.75 Å². The first-order chi connectivity index (χ1) is 6.74. The molecule has 1 rings (SSSR count). The van der Waals surface area contributed by atoms with E-state index < -0.39 is 0 Å². The van der Waals surface area contributed by atoms with E-state index in [9.17, 15) is 4.79 Å². The van der Waals surface area contributed by atoms with Crippen LogP contribution in [0.3, 0.4) is 0 Å². The van der Waals surface area contributed by atoms with Crippen LogP contribution in [-0.4, -0.2) is 23.7 Å². The number of halogens is 1. The predicted molar refractivity (Wildman–Crippen MR) is 59.6 cm³/mol. The Bertz CT molecular complexity index is 274. The van der Waals surface area contributed by atoms with E-state index in [2.05, 4.69) is 20.7 Å². The fourth-order valence-corrected chi connectivity index (χ4v) is 2.43. The van der Waals surface area contributed by atoms with E-state index in [1.54, 1.807) is 18.0 Å². The summed E-state index contributed by atoms with van der Waals surface area (Å²) in [7, 11) is 1.38. The first kappa shape index (κ1) is 11.7. The number of rotatable bonds is 5. The fraction of sp³-hybridized carbons (Fsp3) is 0.444. The van der Waals surface area contributed by atoms with Crippen LogP contribution < -0.4 is 0 Å². The van der Waals surface area contributed by atoms with Crippen LogP contribution in [0.4, 0.5) is 0 Å². The number of carbonyl (C=O) groups is 1. The average Bonchev–Trinajstić information content (AvgIpc) is 2.69. The minimum atomic E-state index is -0.243. The molecule has 1 unspecified atom stereocenters. The summed E-state index contributed by atoms with van der Waals surface area (Å²) in [5.74, 6) is 2.12. The third-order valence-corrected chi connectivity index (χ3v) is 3.73. The molecule has 1 aromatic heterocycles. The number of ether oxygens (including phenoxy) is 1. The number of thioether (sulfide) groups is 1. The Balaban J connectivity index is 2.18. The molecule has 0 aromatic carbocycles. The molecule has 0 spiro atoms. The summed E-state index contributed by atoms with van der Waals surface area (Å²) < 4.78 is 9.73. The molecule has 0 saturated heterocycles. The van der Waals surface area contributed by atoms with Crippen molar-refractivity contribution in [1.82, 2.24) is 0 Å². The van der Waals surface area contributed by atoms with Gasteiger partial charge >= 0.3 is 5.97 Å². The molecule has 0 radical (unpaired) electrons. The van der Waals surface area contributed by atoms with Gasteiger partial charge in [0.05, 0.1) is 19.1 Å². The van der Waals surface area contributed by atoms with Gasteiger partial charge in [-0.25, -0.2) is 0 Å². The molecule has 1 heterocycles. The number of furan rings is 1. The SMILES string of the molecule is COC(=O)C(Br)CSCc1ccco1. The van der Waals surface area contributed by atoms with Gasteiger partial charge in [-0.1, -0.05) is 15.9 Å². The van der Waals surface area contributed by atoms with Gasteiger partial charge in [-0.15, -0.1) is 0 Å². The van der Waals surface area contributed by atoms with E-state index in [1.165, 1.54) is 7.11 Å². The zero-order valence-electron chi connectivity index (χ0n) is 7.73. The molecular weight excluding hydrogens is 268 g/mol. The molecular formula is C9H11BrO3S. The molecule has 3 nitrogen and oxygen atoms in total. The van der Waals surface area contributed by atoms with Crippen LogP contribution in [0, 0.1) is 0 Å². The van der Waals surface area contributed by atoms with Gasteiger partial charge in [0.1, 0.15) is 10.6 Å². The Kier molecular flexibility index (Phi) is 5.11. The lowest BCUT2D eigenvalue weighted by atomic mass is 10.5. The summed E-state index contributed by atoms with van der Waals surface area (Å²) >= 11 is 4.86. The number of methoxy groups -OCH3 is 1. The molecule has 1 atom stereocenters. The number of alkyl halides is 1. The summed E-state index contributed by atoms with van der Waals surface area (Å²) in [6.07, 6.45) is 1.64. The number of carbonyl (C=O) groups excluding carboxylic acids is 1. The van der Waals surface area contributed by atoms with Crippen molar-refractivity contribution in [2.75, 3.05) is 12.9 Å². The van der Waals surface area contributed by atoms with Gasteiger partial charge < -0.3 is 9.15 Å². The molecule has 0 fully saturated rings. The van der Waals surface area contributed by atoms with Crippen molar-refractivity contribution in [2.45, 2.75) is 10.6 Å². The van der Waals surface area contributed by atoms with Crippen molar-refractivity contribution in [3.05, 3.63) is 24.2 Å². The first-order valence-corrected chi connectivity index (χ1v) is 6.13. The van der Waals surface area contributed by atoms with E-state index in [-0.39, 0.29) is 10.8 Å². The van der Waals surface area contributed by atoms with Gasteiger partial charge in [-0.05, 0) is 12.1 Å². The molecule has 5 heteroatoms. The smallest absolute Gasteiger partial charge is 0.320 e. The standard InChI is InChI=1S/C9H11BrO3S/c1-12-9(11)8(10)6-14-5-7-3-2-4-13-7/h2-4,8H,5-6H2,1H3. The zero-order valence-corrected chi connectivity index (χ0v) is 10.1. The van der Waals surface area contributed by atoms with E-state index in [1.807, 2.05) is 12.1 Å². The van der Waals surface area contributed by atoms with Crippen molar-refractivity contribution in [3.63, 3.8) is 0 Å². The van der Waals surface area contributed by atoms with Crippen LogP contribution >= 0.6 is 27.7 Å². The van der Waals surface area contributed by atoms with Crippen LogP contribution in [0.15, 0.2) is 22.8 Å². The van der Waals surface area contributed by atoms with E-state index in [0.717, 1.165) is 11.5 Å². The largest absolute Gasteiger partial charge is 0.468 e. The van der Waals surface area contributed by atoms with Crippen molar-refractivity contribution >= 4 is 33.7 Å². The van der Waals surface area contributed by atoms with E-state index >= 15 is 0 Å². The van der Waals surface area contributed by atoms with Crippen LogP contribution in [0.5, 0.6) is 0 Å². The summed E-state index contributed by atoms with van der Waals surface area (Å²) in [6.45, 7) is 0. The highest BCUT2D eigenvalue weighted by molar-refractivity contribution is 9.10. The van der Waals surface area contributed by atoms with E-state index in [4.69, 9.17) is 4.42 Å². The van der Waals surface area contributed by atoms with Gasteiger partial charge in [-0.2, -0.15) is 11.8 Å². The summed E-state index contributed by atoms with van der Waals surface area (Å²) in [5, 5.41) is 0. The van der Waals surface area contributed by atoms with Crippen molar-refractivity contribution in [2.24, 2.45) is 0 Å². The molecule has 0 aliphatic heterocycles. The fourth-order valence-electron chi connectivity index (χ4n) is 0.854. The second-order valence-corrected chi connectivity index (χ2v) is 4.72. The normalized spacial score (nSPS) is 12.4. The Labute approximate surface area is 95.3 Å². The van der Waals surface area contributed by atoms with Crippen LogP contribution in [0.1, 0.15) is 5.76 Å². The third-order valence-electron chi connectivity index (χ3n) is 1.55. The van der Waals surface area contributed by atoms with Gasteiger partial charge in [0.25, 0.3) is 0 Å². The van der Waals surface area contributed by atoms with Crippen LogP contribution in [0.25, 0.3) is 0 Å². The lowest BCUT2D eigenvalue weighted by Crippen LogP contribution is -2.17. The predicted octanol–water partition coefficient (Wildman–Crippen LogP) is 2.45. The second-order valence-electron chi connectivity index (χ2n) is 2.59. The molecule has 0 N–H and O–H groups in total. The monoisotopic (exact) mass is 278 g/mol. The maximum absolute atomic E-state index is 11.0. The maximum atomic E-state index is 11.0. The Morgan fingerprint density at radius 1 is 1.79 bits per heavy atom. The zero-order chi connectivity index (χ0) is 10.4. The van der Waals surface area contributed by atoms with Crippen LogP contribution in [-0.2, 0) is 15.3 Å². The van der Waals surface area contributed by atoms with Gasteiger partial charge in [0.2, 0.25) is 0 Å². The van der Waals surface area contributed by atoms with E-state index in [0.29, 0.717) is 5.75 Å². The summed E-state index contributed by atoms with van der Waals surface area (Å²) in [6, 6.07) is 3.76. The van der Waals surface area contributed by atoms with Crippen LogP contribution in [0.2, 0.25) is 0 Å². The number of hydrogen-bond acceptors (Lipinski definition) is 4. The average molecular weight is 279 g/mol. The topological polar surface area (TPSA) is 39.4 Å². The minimum absolute atomic E-state index is 0.239. The lowest BCUT2D eigenvalue weighted by Gasteiger charge is -2.05. The highest BCUT2D eigenvalue weighted by atomic mass is 79.9. The van der Waals surface area contributed by atoms with Gasteiger partial charge in [0.15, 0.2) is 0 Å². The first-order valence-electron chi connectivity index (χ1n) is 4.06. The molecule has 0 bridgehead atoms. The number of esters is 1. The number of hydrogen-bond donors (Lipinski definition) is 0. The molecule has 14 heavy (non-hydrogen) atoms. The molecule has 78 valence electrons. The quantitative estimate of drug-likeness (QED) is 0.613. The second kappa shape index (κ2) is 6.14.